The number of carbonyl (C=O) groups is 3. The van der Waals surface area contributed by atoms with Crippen LogP contribution in [-0.2, 0) is 21.0 Å². The molecule has 0 radical (unpaired) electrons. The number of hydroxylamine groups is 1. The second-order valence-electron chi connectivity index (χ2n) is 7.00. The zero-order valence-electron chi connectivity index (χ0n) is 18.7. The summed E-state index contributed by atoms with van der Waals surface area (Å²) in [4.78, 5) is 44.3. The van der Waals surface area contributed by atoms with Crippen molar-refractivity contribution < 1.29 is 46.6 Å². The van der Waals surface area contributed by atoms with E-state index in [1.54, 1.807) is 0 Å². The van der Waals surface area contributed by atoms with Gasteiger partial charge in [-0.1, -0.05) is 31.9 Å². The van der Waals surface area contributed by atoms with Crippen LogP contribution in [-0.4, -0.2) is 42.3 Å². The predicted octanol–water partition coefficient (Wildman–Crippen LogP) is 3.05. The summed E-state index contributed by atoms with van der Waals surface area (Å²) in [6, 6.07) is 6.05. The van der Waals surface area contributed by atoms with Crippen LogP contribution in [0.5, 0.6) is 11.5 Å². The number of hydrogen-bond donors (Lipinski definition) is 2. The van der Waals surface area contributed by atoms with Crippen molar-refractivity contribution in [2.24, 2.45) is 5.73 Å². The van der Waals surface area contributed by atoms with Gasteiger partial charge in [-0.3, -0.25) is 4.79 Å². The summed E-state index contributed by atoms with van der Waals surface area (Å²) in [5.41, 5.74) is 7.07. The molecule has 3 N–H and O–H groups in total. The standard InChI is InChI=1S/C22H24F3N3O7/c1-2-3-4-9-32-21(31)15-10-17(19(27-12-15)20(30)28-35-18(29)11-26)33-13-14-5-7-16(8-6-14)34-22(23,24)25/h5-8,10,12H,2-4,9,11,13,26H2,1H3,(H,28,30). The molecule has 0 atom stereocenters. The third kappa shape index (κ3) is 9.49. The van der Waals surface area contributed by atoms with E-state index in [9.17, 15) is 27.6 Å². The maximum absolute atomic E-state index is 12.4. The molecule has 10 nitrogen and oxygen atoms in total. The zero-order chi connectivity index (χ0) is 25.8. The number of esters is 1. The Morgan fingerprint density at radius 3 is 2.46 bits per heavy atom. The first-order valence-corrected chi connectivity index (χ1v) is 10.5. The van der Waals surface area contributed by atoms with Crippen LogP contribution in [0.25, 0.3) is 0 Å². The molecule has 2 rings (SSSR count). The van der Waals surface area contributed by atoms with Gasteiger partial charge < -0.3 is 24.8 Å². The van der Waals surface area contributed by atoms with Gasteiger partial charge in [0.05, 0.1) is 18.7 Å². The highest BCUT2D eigenvalue weighted by Gasteiger charge is 2.31. The smallest absolute Gasteiger partial charge is 0.486 e. The quantitative estimate of drug-likeness (QED) is 0.271. The summed E-state index contributed by atoms with van der Waals surface area (Å²) in [5.74, 6) is -3.14. The average Bonchev–Trinajstić information content (AvgIpc) is 2.83. The van der Waals surface area contributed by atoms with Gasteiger partial charge in [0.25, 0.3) is 0 Å². The number of unbranched alkanes of at least 4 members (excludes halogenated alkanes) is 2. The fraction of sp³-hybridized carbons (Fsp3) is 0.364. The van der Waals surface area contributed by atoms with E-state index in [4.69, 9.17) is 15.2 Å². The number of nitrogens with zero attached hydrogens (tertiary/aromatic N) is 1. The monoisotopic (exact) mass is 499 g/mol. The maximum atomic E-state index is 12.4. The summed E-state index contributed by atoms with van der Waals surface area (Å²) < 4.78 is 51.5. The molecule has 1 amide bonds. The van der Waals surface area contributed by atoms with Crippen LogP contribution in [0.15, 0.2) is 36.5 Å². The van der Waals surface area contributed by atoms with Crippen LogP contribution >= 0.6 is 0 Å². The average molecular weight is 499 g/mol. The molecule has 0 aliphatic heterocycles. The molecule has 35 heavy (non-hydrogen) atoms. The third-order valence-corrected chi connectivity index (χ3v) is 4.26. The molecule has 0 aliphatic carbocycles. The normalized spacial score (nSPS) is 10.9. The van der Waals surface area contributed by atoms with E-state index < -0.39 is 36.5 Å². The van der Waals surface area contributed by atoms with Crippen molar-refractivity contribution in [2.75, 3.05) is 13.2 Å². The van der Waals surface area contributed by atoms with Crippen molar-refractivity contribution in [3.05, 3.63) is 53.3 Å². The van der Waals surface area contributed by atoms with Gasteiger partial charge in [0, 0.05) is 6.20 Å². The lowest BCUT2D eigenvalue weighted by Crippen LogP contribution is -2.31. The maximum Gasteiger partial charge on any atom is 0.573 e. The van der Waals surface area contributed by atoms with E-state index in [-0.39, 0.29) is 30.2 Å². The lowest BCUT2D eigenvalue weighted by molar-refractivity contribution is -0.274. The van der Waals surface area contributed by atoms with Crippen LogP contribution in [0.1, 0.15) is 52.6 Å². The number of alkyl halides is 3. The Kier molecular flexibility index (Phi) is 10.3. The van der Waals surface area contributed by atoms with Gasteiger partial charge in [-0.15, -0.1) is 13.2 Å². The molecule has 1 aromatic heterocycles. The minimum Gasteiger partial charge on any atom is -0.486 e. The summed E-state index contributed by atoms with van der Waals surface area (Å²) in [6.45, 7) is 1.52. The number of amides is 1. The number of nitrogens with one attached hydrogen (secondary N) is 1. The molecule has 0 fully saturated rings. The van der Waals surface area contributed by atoms with Crippen LogP contribution in [0.3, 0.4) is 0 Å². The van der Waals surface area contributed by atoms with E-state index in [0.717, 1.165) is 31.2 Å². The molecule has 1 heterocycles. The van der Waals surface area contributed by atoms with Crippen molar-refractivity contribution in [1.29, 1.82) is 0 Å². The lowest BCUT2D eigenvalue weighted by atomic mass is 10.2. The second kappa shape index (κ2) is 13.1. The molecule has 0 saturated carbocycles. The first-order valence-electron chi connectivity index (χ1n) is 10.5. The Hall–Kier alpha value is -3.87. The van der Waals surface area contributed by atoms with Crippen molar-refractivity contribution in [2.45, 2.75) is 39.2 Å². The Morgan fingerprint density at radius 1 is 1.11 bits per heavy atom. The van der Waals surface area contributed by atoms with E-state index in [1.807, 2.05) is 12.4 Å². The van der Waals surface area contributed by atoms with E-state index >= 15 is 0 Å². The molecular weight excluding hydrogens is 475 g/mol. The van der Waals surface area contributed by atoms with Gasteiger partial charge in [0.15, 0.2) is 11.4 Å². The minimum atomic E-state index is -4.83. The van der Waals surface area contributed by atoms with Crippen molar-refractivity contribution in [3.8, 4) is 11.5 Å². The van der Waals surface area contributed by atoms with Crippen molar-refractivity contribution >= 4 is 17.8 Å². The summed E-state index contributed by atoms with van der Waals surface area (Å²) in [7, 11) is 0. The Labute approximate surface area is 198 Å². The number of pyridine rings is 1. The van der Waals surface area contributed by atoms with Gasteiger partial charge in [-0.25, -0.2) is 14.6 Å². The summed E-state index contributed by atoms with van der Waals surface area (Å²) in [6.07, 6.45) is -1.23. The first kappa shape index (κ1) is 27.4. The molecule has 0 saturated heterocycles. The van der Waals surface area contributed by atoms with E-state index in [2.05, 4.69) is 14.6 Å². The highest BCUT2D eigenvalue weighted by molar-refractivity contribution is 5.97. The number of rotatable bonds is 11. The lowest BCUT2D eigenvalue weighted by Gasteiger charge is -2.13. The molecule has 0 spiro atoms. The van der Waals surface area contributed by atoms with E-state index in [0.29, 0.717) is 12.0 Å². The Balaban J connectivity index is 2.17. The summed E-state index contributed by atoms with van der Waals surface area (Å²) >= 11 is 0. The van der Waals surface area contributed by atoms with Crippen molar-refractivity contribution in [3.63, 3.8) is 0 Å². The van der Waals surface area contributed by atoms with Gasteiger partial charge in [-0.05, 0) is 30.2 Å². The van der Waals surface area contributed by atoms with Crippen molar-refractivity contribution in [1.82, 2.24) is 10.5 Å². The molecule has 2 aromatic rings. The number of hydrogen-bond acceptors (Lipinski definition) is 9. The number of benzene rings is 1. The minimum absolute atomic E-state index is 0.000858. The predicted molar refractivity (Wildman–Crippen MR) is 114 cm³/mol. The summed E-state index contributed by atoms with van der Waals surface area (Å²) in [5, 5.41) is 0. The molecule has 0 unspecified atom stereocenters. The van der Waals surface area contributed by atoms with Gasteiger partial charge in [0.2, 0.25) is 0 Å². The second-order valence-corrected chi connectivity index (χ2v) is 7.00. The molecule has 1 aromatic carbocycles. The molecule has 190 valence electrons. The zero-order valence-corrected chi connectivity index (χ0v) is 18.7. The Bertz CT molecular complexity index is 1010. The van der Waals surface area contributed by atoms with Crippen LogP contribution in [0.2, 0.25) is 0 Å². The van der Waals surface area contributed by atoms with Gasteiger partial charge in [0.1, 0.15) is 12.4 Å². The number of halogens is 3. The highest BCUT2D eigenvalue weighted by atomic mass is 19.4. The van der Waals surface area contributed by atoms with Gasteiger partial charge >= 0.3 is 24.2 Å². The van der Waals surface area contributed by atoms with E-state index in [1.165, 1.54) is 18.2 Å². The highest BCUT2D eigenvalue weighted by Crippen LogP contribution is 2.24. The molecule has 0 aliphatic rings. The largest absolute Gasteiger partial charge is 0.573 e. The number of carbonyl (C=O) groups excluding carboxylic acids is 3. The first-order chi connectivity index (χ1) is 16.6. The van der Waals surface area contributed by atoms with Crippen LogP contribution < -0.4 is 20.7 Å². The number of aromatic nitrogens is 1. The SMILES string of the molecule is CCCCCOC(=O)c1cnc(C(=O)NOC(=O)CN)c(OCc2ccc(OC(F)(F)F)cc2)c1. The fourth-order valence-electron chi connectivity index (χ4n) is 2.58. The molecule has 13 heteroatoms. The number of ether oxygens (including phenoxy) is 3. The third-order valence-electron chi connectivity index (χ3n) is 4.26. The van der Waals surface area contributed by atoms with Crippen LogP contribution in [0, 0.1) is 0 Å². The van der Waals surface area contributed by atoms with Gasteiger partial charge in [-0.2, -0.15) is 5.48 Å². The fourth-order valence-corrected chi connectivity index (χ4v) is 2.58. The molecular formula is C22H24F3N3O7. The number of nitrogens with two attached hydrogens (primary N) is 1. The molecule has 0 bridgehead atoms. The Morgan fingerprint density at radius 2 is 1.83 bits per heavy atom. The van der Waals surface area contributed by atoms with Crippen LogP contribution in [0.4, 0.5) is 13.2 Å². The topological polar surface area (TPSA) is 139 Å².